The molecule has 2 aliphatic carbocycles. The van der Waals surface area contributed by atoms with E-state index in [2.05, 4.69) is 16.7 Å². The van der Waals surface area contributed by atoms with E-state index in [4.69, 9.17) is 5.73 Å². The lowest BCUT2D eigenvalue weighted by Crippen LogP contribution is -2.35. The van der Waals surface area contributed by atoms with Gasteiger partial charge in [0.25, 0.3) is 5.91 Å². The van der Waals surface area contributed by atoms with Gasteiger partial charge in [-0.05, 0) is 43.7 Å². The molecule has 104 valence electrons. The zero-order chi connectivity index (χ0) is 13.9. The van der Waals surface area contributed by atoms with E-state index < -0.39 is 0 Å². The van der Waals surface area contributed by atoms with Gasteiger partial charge >= 0.3 is 0 Å². The molecule has 1 aromatic rings. The lowest BCUT2D eigenvalue weighted by molar-refractivity contribution is 0.0734. The first-order valence-electron chi connectivity index (χ1n) is 7.38. The summed E-state index contributed by atoms with van der Waals surface area (Å²) in [6, 6.07) is 8.06. The van der Waals surface area contributed by atoms with Crippen LogP contribution >= 0.6 is 0 Å². The fraction of sp³-hybridized carbons (Fsp3) is 0.471. The Labute approximate surface area is 120 Å². The van der Waals surface area contributed by atoms with Crippen molar-refractivity contribution < 1.29 is 4.79 Å². The Balaban J connectivity index is 1.84. The van der Waals surface area contributed by atoms with Crippen LogP contribution in [0.5, 0.6) is 0 Å². The Morgan fingerprint density at radius 3 is 2.65 bits per heavy atom. The second-order valence-corrected chi connectivity index (χ2v) is 5.68. The molecule has 0 unspecified atom stereocenters. The van der Waals surface area contributed by atoms with Gasteiger partial charge in [-0.2, -0.15) is 0 Å². The standard InChI is InChI=1S/C17H20N2O/c18-11-3-5-14-4-1-2-6-16(14)17(20)19(15-9-10-15)12-13-7-8-13/h1-2,4,6,13,15H,7-12,18H2. The van der Waals surface area contributed by atoms with Gasteiger partial charge in [-0.15, -0.1) is 0 Å². The molecule has 2 saturated carbocycles. The molecule has 0 atom stereocenters. The fourth-order valence-electron chi connectivity index (χ4n) is 2.44. The van der Waals surface area contributed by atoms with E-state index in [0.717, 1.165) is 36.4 Å². The van der Waals surface area contributed by atoms with E-state index in [1.807, 2.05) is 24.3 Å². The second kappa shape index (κ2) is 5.68. The number of carbonyl (C=O) groups excluding carboxylic acids is 1. The van der Waals surface area contributed by atoms with Crippen LogP contribution < -0.4 is 5.73 Å². The molecule has 0 spiro atoms. The SMILES string of the molecule is NCC#Cc1ccccc1C(=O)N(CC1CC1)C1CC1. The van der Waals surface area contributed by atoms with Gasteiger partial charge < -0.3 is 10.6 Å². The monoisotopic (exact) mass is 268 g/mol. The minimum absolute atomic E-state index is 0.140. The van der Waals surface area contributed by atoms with E-state index in [-0.39, 0.29) is 5.91 Å². The van der Waals surface area contributed by atoms with Crippen molar-refractivity contribution in [2.24, 2.45) is 11.7 Å². The molecule has 20 heavy (non-hydrogen) atoms. The lowest BCUT2D eigenvalue weighted by Gasteiger charge is -2.23. The second-order valence-electron chi connectivity index (χ2n) is 5.68. The number of benzene rings is 1. The third-order valence-corrected chi connectivity index (χ3v) is 3.88. The van der Waals surface area contributed by atoms with Crippen molar-refractivity contribution in [3.63, 3.8) is 0 Å². The Kier molecular flexibility index (Phi) is 3.75. The van der Waals surface area contributed by atoms with E-state index >= 15 is 0 Å². The highest BCUT2D eigenvalue weighted by Crippen LogP contribution is 2.35. The maximum Gasteiger partial charge on any atom is 0.255 e. The normalized spacial score (nSPS) is 17.2. The highest BCUT2D eigenvalue weighted by atomic mass is 16.2. The van der Waals surface area contributed by atoms with Gasteiger partial charge in [-0.3, -0.25) is 4.79 Å². The molecule has 3 nitrogen and oxygen atoms in total. The Morgan fingerprint density at radius 2 is 2.00 bits per heavy atom. The number of carbonyl (C=O) groups is 1. The molecule has 0 radical (unpaired) electrons. The molecule has 1 amide bonds. The molecule has 0 heterocycles. The highest BCUT2D eigenvalue weighted by Gasteiger charge is 2.37. The van der Waals surface area contributed by atoms with E-state index in [1.54, 1.807) is 0 Å². The van der Waals surface area contributed by atoms with Crippen LogP contribution in [0.15, 0.2) is 24.3 Å². The number of hydrogen-bond acceptors (Lipinski definition) is 2. The summed E-state index contributed by atoms with van der Waals surface area (Å²) in [7, 11) is 0. The van der Waals surface area contributed by atoms with Crippen molar-refractivity contribution >= 4 is 5.91 Å². The molecular formula is C17H20N2O. The van der Waals surface area contributed by atoms with Crippen LogP contribution in [0.1, 0.15) is 41.6 Å². The molecule has 1 aromatic carbocycles. The van der Waals surface area contributed by atoms with Crippen LogP contribution in [0.3, 0.4) is 0 Å². The minimum atomic E-state index is 0.140. The predicted octanol–water partition coefficient (Wildman–Crippen LogP) is 2.01. The molecule has 0 aliphatic heterocycles. The summed E-state index contributed by atoms with van der Waals surface area (Å²) in [4.78, 5) is 14.9. The Bertz CT molecular complexity index is 562. The van der Waals surface area contributed by atoms with Gasteiger partial charge in [0, 0.05) is 18.2 Å². The molecule has 2 aliphatic rings. The molecule has 3 rings (SSSR count). The van der Waals surface area contributed by atoms with Crippen LogP contribution in [0, 0.1) is 17.8 Å². The summed E-state index contributed by atoms with van der Waals surface area (Å²) in [5, 5.41) is 0. The van der Waals surface area contributed by atoms with Gasteiger partial charge in [-0.25, -0.2) is 0 Å². The van der Waals surface area contributed by atoms with E-state index in [1.165, 1.54) is 12.8 Å². The lowest BCUT2D eigenvalue weighted by atomic mass is 10.1. The molecule has 0 bridgehead atoms. The number of nitrogens with zero attached hydrogens (tertiary/aromatic N) is 1. The number of nitrogens with two attached hydrogens (primary N) is 1. The van der Waals surface area contributed by atoms with Crippen LogP contribution in [-0.4, -0.2) is 29.9 Å². The van der Waals surface area contributed by atoms with Crippen LogP contribution in [-0.2, 0) is 0 Å². The average Bonchev–Trinajstić information content (AvgIpc) is 3.35. The average molecular weight is 268 g/mol. The van der Waals surface area contributed by atoms with Crippen molar-refractivity contribution in [3.8, 4) is 11.8 Å². The maximum absolute atomic E-state index is 12.8. The molecule has 2 N–H and O–H groups in total. The van der Waals surface area contributed by atoms with E-state index in [0.29, 0.717) is 12.6 Å². The number of rotatable bonds is 4. The highest BCUT2D eigenvalue weighted by molar-refractivity contribution is 5.97. The van der Waals surface area contributed by atoms with Crippen molar-refractivity contribution in [2.75, 3.05) is 13.1 Å². The summed E-state index contributed by atoms with van der Waals surface area (Å²) in [6.45, 7) is 1.24. The summed E-state index contributed by atoms with van der Waals surface area (Å²) >= 11 is 0. The van der Waals surface area contributed by atoms with Crippen molar-refractivity contribution in [2.45, 2.75) is 31.7 Å². The van der Waals surface area contributed by atoms with Gasteiger partial charge in [0.2, 0.25) is 0 Å². The molecule has 3 heteroatoms. The van der Waals surface area contributed by atoms with Gasteiger partial charge in [-0.1, -0.05) is 24.0 Å². The predicted molar refractivity (Wildman–Crippen MR) is 79.2 cm³/mol. The number of hydrogen-bond donors (Lipinski definition) is 1. The topological polar surface area (TPSA) is 46.3 Å². The molecule has 2 fully saturated rings. The molecular weight excluding hydrogens is 248 g/mol. The Morgan fingerprint density at radius 1 is 1.25 bits per heavy atom. The zero-order valence-electron chi connectivity index (χ0n) is 11.6. The van der Waals surface area contributed by atoms with Crippen molar-refractivity contribution in [1.29, 1.82) is 0 Å². The van der Waals surface area contributed by atoms with Gasteiger partial charge in [0.15, 0.2) is 0 Å². The molecule has 0 saturated heterocycles. The maximum atomic E-state index is 12.8. The third-order valence-electron chi connectivity index (χ3n) is 3.88. The third kappa shape index (κ3) is 3.02. The summed E-state index contributed by atoms with van der Waals surface area (Å²) < 4.78 is 0. The van der Waals surface area contributed by atoms with E-state index in [9.17, 15) is 4.79 Å². The summed E-state index contributed by atoms with van der Waals surface area (Å²) in [5.41, 5.74) is 6.94. The first-order valence-corrected chi connectivity index (χ1v) is 7.38. The first-order chi connectivity index (χ1) is 9.79. The number of amides is 1. The molecule has 0 aromatic heterocycles. The zero-order valence-corrected chi connectivity index (χ0v) is 11.6. The summed E-state index contributed by atoms with van der Waals surface area (Å²) in [5.74, 6) is 6.72. The summed E-state index contributed by atoms with van der Waals surface area (Å²) in [6.07, 6.45) is 4.83. The fourth-order valence-corrected chi connectivity index (χ4v) is 2.44. The minimum Gasteiger partial charge on any atom is -0.335 e. The first kappa shape index (κ1) is 13.2. The van der Waals surface area contributed by atoms with Crippen molar-refractivity contribution in [3.05, 3.63) is 35.4 Å². The van der Waals surface area contributed by atoms with Crippen LogP contribution in [0.25, 0.3) is 0 Å². The van der Waals surface area contributed by atoms with Gasteiger partial charge in [0.1, 0.15) is 0 Å². The smallest absolute Gasteiger partial charge is 0.255 e. The van der Waals surface area contributed by atoms with Crippen LogP contribution in [0.4, 0.5) is 0 Å². The quantitative estimate of drug-likeness (QED) is 0.849. The van der Waals surface area contributed by atoms with Gasteiger partial charge in [0.05, 0.1) is 12.1 Å². The Hall–Kier alpha value is -1.79. The van der Waals surface area contributed by atoms with Crippen LogP contribution in [0.2, 0.25) is 0 Å². The largest absolute Gasteiger partial charge is 0.335 e. The van der Waals surface area contributed by atoms with Crippen molar-refractivity contribution in [1.82, 2.24) is 4.90 Å².